The first-order valence-electron chi connectivity index (χ1n) is 9.22. The van der Waals surface area contributed by atoms with E-state index in [0.29, 0.717) is 6.42 Å². The Labute approximate surface area is 182 Å². The number of unbranched alkanes of at least 4 members (excludes halogenated alkanes) is 5. The molecule has 0 aromatic heterocycles. The number of nitrogens with one attached hydrogen (secondary N) is 3. The van der Waals surface area contributed by atoms with Crippen LogP contribution in [0.1, 0.15) is 57.4 Å². The summed E-state index contributed by atoms with van der Waals surface area (Å²) >= 11 is 23.3. The van der Waals surface area contributed by atoms with Gasteiger partial charge < -0.3 is 16.0 Å². The van der Waals surface area contributed by atoms with Crippen LogP contribution in [0.15, 0.2) is 24.3 Å². The maximum atomic E-state index is 12.2. The number of carbonyl (C=O) groups excluding carboxylic acids is 1. The van der Waals surface area contributed by atoms with Gasteiger partial charge in [0.25, 0.3) is 0 Å². The van der Waals surface area contributed by atoms with Crippen LogP contribution in [-0.4, -0.2) is 21.0 Å². The van der Waals surface area contributed by atoms with E-state index in [1.54, 1.807) is 0 Å². The van der Waals surface area contributed by atoms with Gasteiger partial charge in [0.2, 0.25) is 9.70 Å². The van der Waals surface area contributed by atoms with Gasteiger partial charge in [-0.05, 0) is 37.7 Å². The van der Waals surface area contributed by atoms with Gasteiger partial charge in [0, 0.05) is 12.1 Å². The number of alkyl halides is 3. The Kier molecular flexibility index (Phi) is 11.4. The predicted molar refractivity (Wildman–Crippen MR) is 121 cm³/mol. The Morgan fingerprint density at radius 1 is 1.04 bits per heavy atom. The first kappa shape index (κ1) is 24.3. The molecule has 1 rings (SSSR count). The summed E-state index contributed by atoms with van der Waals surface area (Å²) in [6.07, 6.45) is 6.07. The van der Waals surface area contributed by atoms with Crippen LogP contribution < -0.4 is 16.0 Å². The van der Waals surface area contributed by atoms with Crippen molar-refractivity contribution in [1.29, 1.82) is 0 Å². The Balaban J connectivity index is 2.46. The summed E-state index contributed by atoms with van der Waals surface area (Å²) in [6.45, 7) is 4.17. The average molecular weight is 453 g/mol. The largest absolute Gasteiger partial charge is 0.339 e. The Morgan fingerprint density at radius 3 is 2.22 bits per heavy atom. The molecule has 0 saturated heterocycles. The molecular formula is C19H28Cl3N3OS. The van der Waals surface area contributed by atoms with Gasteiger partial charge in [0.05, 0.1) is 0 Å². The van der Waals surface area contributed by atoms with Gasteiger partial charge in [0.1, 0.15) is 6.17 Å². The minimum atomic E-state index is -1.74. The van der Waals surface area contributed by atoms with Crippen LogP contribution in [0.5, 0.6) is 0 Å². The maximum Gasteiger partial charge on any atom is 0.228 e. The molecule has 27 heavy (non-hydrogen) atoms. The molecule has 152 valence electrons. The molecule has 0 radical (unpaired) electrons. The third-order valence-corrected chi connectivity index (χ3v) is 4.85. The number of rotatable bonds is 10. The summed E-state index contributed by atoms with van der Waals surface area (Å²) in [5, 5.41) is 8.84. The molecule has 1 amide bonds. The number of amides is 1. The first-order valence-corrected chi connectivity index (χ1v) is 10.8. The molecule has 1 aromatic rings. The highest BCUT2D eigenvalue weighted by molar-refractivity contribution is 7.80. The SMILES string of the molecule is CCCCCCCCC(=O)N[C@H](NC(=S)Nc1ccc(C)cc1)C(Cl)(Cl)Cl. The van der Waals surface area contributed by atoms with Crippen LogP contribution in [0.3, 0.4) is 0 Å². The standard InChI is InChI=1S/C19H28Cl3N3OS/c1-3-4-5-6-7-8-9-16(26)24-17(19(20,21)22)25-18(27)23-15-12-10-14(2)11-13-15/h10-13,17H,3-9H2,1-2H3,(H,24,26)(H2,23,25,27)/t17-/m1/s1. The van der Waals surface area contributed by atoms with E-state index in [1.807, 2.05) is 31.2 Å². The second-order valence-corrected chi connectivity index (χ2v) is 9.30. The smallest absolute Gasteiger partial charge is 0.228 e. The highest BCUT2D eigenvalue weighted by atomic mass is 35.6. The van der Waals surface area contributed by atoms with Crippen LogP contribution in [-0.2, 0) is 4.79 Å². The normalized spacial score (nSPS) is 12.3. The number of aryl methyl sites for hydroxylation is 1. The van der Waals surface area contributed by atoms with Gasteiger partial charge in [-0.2, -0.15) is 0 Å². The molecule has 1 atom stereocenters. The molecule has 8 heteroatoms. The van der Waals surface area contributed by atoms with Crippen molar-refractivity contribution >= 4 is 63.7 Å². The van der Waals surface area contributed by atoms with Crippen molar-refractivity contribution in [3.05, 3.63) is 29.8 Å². The highest BCUT2D eigenvalue weighted by Gasteiger charge is 2.34. The lowest BCUT2D eigenvalue weighted by molar-refractivity contribution is -0.122. The van der Waals surface area contributed by atoms with Crippen molar-refractivity contribution in [2.45, 2.75) is 68.8 Å². The summed E-state index contributed by atoms with van der Waals surface area (Å²) in [5.41, 5.74) is 1.94. The molecule has 0 saturated carbocycles. The van der Waals surface area contributed by atoms with E-state index in [-0.39, 0.29) is 11.0 Å². The Morgan fingerprint density at radius 2 is 1.63 bits per heavy atom. The molecule has 0 unspecified atom stereocenters. The fraction of sp³-hybridized carbons (Fsp3) is 0.579. The number of hydrogen-bond donors (Lipinski definition) is 3. The van der Waals surface area contributed by atoms with Crippen LogP contribution in [0.2, 0.25) is 0 Å². The topological polar surface area (TPSA) is 53.2 Å². The molecule has 0 fully saturated rings. The van der Waals surface area contributed by atoms with E-state index in [1.165, 1.54) is 19.3 Å². The van der Waals surface area contributed by atoms with Gasteiger partial charge in [-0.3, -0.25) is 4.79 Å². The lowest BCUT2D eigenvalue weighted by atomic mass is 10.1. The average Bonchev–Trinajstić information content (AvgIpc) is 2.58. The monoisotopic (exact) mass is 451 g/mol. The molecule has 0 aliphatic heterocycles. The molecule has 0 aliphatic carbocycles. The molecule has 0 heterocycles. The van der Waals surface area contributed by atoms with E-state index in [0.717, 1.165) is 30.5 Å². The molecule has 1 aromatic carbocycles. The van der Waals surface area contributed by atoms with Crippen molar-refractivity contribution in [1.82, 2.24) is 10.6 Å². The van der Waals surface area contributed by atoms with E-state index in [2.05, 4.69) is 22.9 Å². The van der Waals surface area contributed by atoms with Gasteiger partial charge in [-0.15, -0.1) is 0 Å². The third-order valence-electron chi connectivity index (χ3n) is 3.97. The fourth-order valence-corrected chi connectivity index (χ4v) is 3.00. The summed E-state index contributed by atoms with van der Waals surface area (Å²) in [7, 11) is 0. The van der Waals surface area contributed by atoms with Crippen molar-refractivity contribution in [3.63, 3.8) is 0 Å². The van der Waals surface area contributed by atoms with Crippen LogP contribution in [0.25, 0.3) is 0 Å². The van der Waals surface area contributed by atoms with Gasteiger partial charge in [-0.1, -0.05) is 91.5 Å². The zero-order valence-electron chi connectivity index (χ0n) is 15.8. The zero-order valence-corrected chi connectivity index (χ0v) is 18.9. The van der Waals surface area contributed by atoms with Gasteiger partial charge >= 0.3 is 0 Å². The molecule has 0 spiro atoms. The molecule has 3 N–H and O–H groups in total. The Hall–Kier alpha value is -0.750. The maximum absolute atomic E-state index is 12.2. The number of carbonyl (C=O) groups is 1. The van der Waals surface area contributed by atoms with Crippen molar-refractivity contribution in [2.75, 3.05) is 5.32 Å². The first-order chi connectivity index (χ1) is 12.7. The fourth-order valence-electron chi connectivity index (χ4n) is 2.43. The summed E-state index contributed by atoms with van der Waals surface area (Å²) in [6, 6.07) is 7.70. The molecule has 4 nitrogen and oxygen atoms in total. The van der Waals surface area contributed by atoms with E-state index < -0.39 is 9.96 Å². The van der Waals surface area contributed by atoms with E-state index >= 15 is 0 Å². The van der Waals surface area contributed by atoms with Crippen LogP contribution in [0, 0.1) is 6.92 Å². The lowest BCUT2D eigenvalue weighted by Crippen LogP contribution is -2.56. The zero-order chi connectivity index (χ0) is 20.3. The third kappa shape index (κ3) is 11.0. The van der Waals surface area contributed by atoms with Crippen molar-refractivity contribution in [3.8, 4) is 0 Å². The number of hydrogen-bond acceptors (Lipinski definition) is 2. The van der Waals surface area contributed by atoms with Gasteiger partial charge in [0.15, 0.2) is 5.11 Å². The molecular weight excluding hydrogens is 425 g/mol. The minimum absolute atomic E-state index is 0.174. The van der Waals surface area contributed by atoms with E-state index in [9.17, 15) is 4.79 Å². The second-order valence-electron chi connectivity index (χ2n) is 6.52. The Bertz CT molecular complexity index is 591. The lowest BCUT2D eigenvalue weighted by Gasteiger charge is -2.27. The number of thiocarbonyl (C=S) groups is 1. The van der Waals surface area contributed by atoms with Crippen molar-refractivity contribution in [2.24, 2.45) is 0 Å². The quantitative estimate of drug-likeness (QED) is 0.180. The molecule has 0 aliphatic rings. The minimum Gasteiger partial charge on any atom is -0.339 e. The highest BCUT2D eigenvalue weighted by Crippen LogP contribution is 2.29. The summed E-state index contributed by atoms with van der Waals surface area (Å²) < 4.78 is -1.74. The number of anilines is 1. The molecule has 0 bridgehead atoms. The second kappa shape index (κ2) is 12.7. The van der Waals surface area contributed by atoms with Crippen LogP contribution in [0.4, 0.5) is 5.69 Å². The summed E-state index contributed by atoms with van der Waals surface area (Å²) in [4.78, 5) is 12.2. The van der Waals surface area contributed by atoms with Crippen molar-refractivity contribution < 1.29 is 4.79 Å². The summed E-state index contributed by atoms with van der Waals surface area (Å²) in [5.74, 6) is -0.174. The number of benzene rings is 1. The predicted octanol–water partition coefficient (Wildman–Crippen LogP) is 5.84. The van der Waals surface area contributed by atoms with E-state index in [4.69, 9.17) is 47.0 Å². The van der Waals surface area contributed by atoms with Gasteiger partial charge in [-0.25, -0.2) is 0 Å². The number of halogens is 3. The van der Waals surface area contributed by atoms with Crippen LogP contribution >= 0.6 is 47.0 Å².